The van der Waals surface area contributed by atoms with E-state index in [0.717, 1.165) is 0 Å². The molecule has 1 aliphatic heterocycles. The molecule has 2 amide bonds. The van der Waals surface area contributed by atoms with Crippen LogP contribution < -0.4 is 10.6 Å². The van der Waals surface area contributed by atoms with E-state index < -0.39 is 11.6 Å². The van der Waals surface area contributed by atoms with Gasteiger partial charge in [-0.3, -0.25) is 9.59 Å². The molecule has 6 heteroatoms. The lowest BCUT2D eigenvalue weighted by atomic mass is 9.96. The third kappa shape index (κ3) is 3.67. The van der Waals surface area contributed by atoms with Crippen molar-refractivity contribution in [3.63, 3.8) is 0 Å². The molecule has 0 radical (unpaired) electrons. The molecule has 0 aromatic rings. The van der Waals surface area contributed by atoms with Crippen LogP contribution in [0.15, 0.2) is 0 Å². The Kier molecular flexibility index (Phi) is 4.47. The van der Waals surface area contributed by atoms with E-state index in [-0.39, 0.29) is 24.5 Å². The van der Waals surface area contributed by atoms with Gasteiger partial charge in [-0.05, 0) is 13.8 Å². The molecule has 3 atom stereocenters. The molecule has 17 heavy (non-hydrogen) atoms. The van der Waals surface area contributed by atoms with Crippen molar-refractivity contribution in [3.05, 3.63) is 0 Å². The lowest BCUT2D eigenvalue weighted by molar-refractivity contribution is -0.128. The van der Waals surface area contributed by atoms with Gasteiger partial charge in [0.05, 0.1) is 6.10 Å². The molecule has 1 rings (SSSR count). The van der Waals surface area contributed by atoms with Gasteiger partial charge in [0.15, 0.2) is 0 Å². The van der Waals surface area contributed by atoms with Gasteiger partial charge in [0.25, 0.3) is 0 Å². The normalized spacial score (nSPS) is 29.8. The average molecular weight is 244 g/mol. The van der Waals surface area contributed by atoms with Gasteiger partial charge in [-0.25, -0.2) is 0 Å². The first-order chi connectivity index (χ1) is 7.85. The first-order valence-electron chi connectivity index (χ1n) is 5.74. The van der Waals surface area contributed by atoms with E-state index in [0.29, 0.717) is 13.0 Å². The van der Waals surface area contributed by atoms with E-state index in [1.54, 1.807) is 13.8 Å². The van der Waals surface area contributed by atoms with Crippen LogP contribution in [0.5, 0.6) is 0 Å². The Hall–Kier alpha value is -1.14. The smallest absolute Gasteiger partial charge is 0.242 e. The Balaban J connectivity index is 2.40. The van der Waals surface area contributed by atoms with Gasteiger partial charge < -0.3 is 20.5 Å². The minimum Gasteiger partial charge on any atom is -0.385 e. The van der Waals surface area contributed by atoms with Crippen molar-refractivity contribution in [2.75, 3.05) is 13.2 Å². The number of amides is 2. The van der Waals surface area contributed by atoms with Crippen LogP contribution in [0, 0.1) is 0 Å². The first-order valence-corrected chi connectivity index (χ1v) is 5.74. The number of nitrogens with one attached hydrogen (secondary N) is 2. The zero-order chi connectivity index (χ0) is 13.1. The molecule has 0 aromatic carbocycles. The van der Waals surface area contributed by atoms with Gasteiger partial charge in [0.2, 0.25) is 11.8 Å². The molecule has 0 aliphatic carbocycles. The highest BCUT2D eigenvalue weighted by Crippen LogP contribution is 2.24. The average Bonchev–Trinajstić information content (AvgIpc) is 2.55. The third-order valence-electron chi connectivity index (χ3n) is 3.04. The summed E-state index contributed by atoms with van der Waals surface area (Å²) in [4.78, 5) is 22.4. The Morgan fingerprint density at radius 1 is 1.59 bits per heavy atom. The third-order valence-corrected chi connectivity index (χ3v) is 3.04. The highest BCUT2D eigenvalue weighted by molar-refractivity contribution is 5.86. The van der Waals surface area contributed by atoms with Crippen LogP contribution in [0.1, 0.15) is 27.2 Å². The number of rotatable bonds is 4. The van der Waals surface area contributed by atoms with Crippen molar-refractivity contribution in [1.29, 1.82) is 0 Å². The van der Waals surface area contributed by atoms with Crippen LogP contribution in [0.25, 0.3) is 0 Å². The summed E-state index contributed by atoms with van der Waals surface area (Å²) in [5.41, 5.74) is -1.01. The minimum absolute atomic E-state index is 0.136. The predicted molar refractivity (Wildman–Crippen MR) is 61.3 cm³/mol. The monoisotopic (exact) mass is 244 g/mol. The molecular weight excluding hydrogens is 224 g/mol. The second kappa shape index (κ2) is 5.46. The highest BCUT2D eigenvalue weighted by Gasteiger charge is 2.39. The molecule has 1 aliphatic rings. The molecule has 0 bridgehead atoms. The van der Waals surface area contributed by atoms with Crippen molar-refractivity contribution in [3.8, 4) is 0 Å². The fourth-order valence-corrected chi connectivity index (χ4v) is 1.77. The van der Waals surface area contributed by atoms with Crippen LogP contribution >= 0.6 is 0 Å². The predicted octanol–water partition coefficient (Wildman–Crippen LogP) is -0.833. The molecule has 0 spiro atoms. The molecule has 98 valence electrons. The van der Waals surface area contributed by atoms with Crippen molar-refractivity contribution < 1.29 is 19.4 Å². The summed E-state index contributed by atoms with van der Waals surface area (Å²) in [5.74, 6) is -0.573. The summed E-state index contributed by atoms with van der Waals surface area (Å²) in [7, 11) is 0. The topological polar surface area (TPSA) is 87.7 Å². The number of carbonyl (C=O) groups is 2. The zero-order valence-electron chi connectivity index (χ0n) is 10.4. The van der Waals surface area contributed by atoms with E-state index in [4.69, 9.17) is 4.74 Å². The van der Waals surface area contributed by atoms with E-state index in [1.807, 2.05) is 0 Å². The summed E-state index contributed by atoms with van der Waals surface area (Å²) >= 11 is 0. The quantitative estimate of drug-likeness (QED) is 0.602. The molecule has 3 unspecified atom stereocenters. The minimum atomic E-state index is -1.01. The molecule has 1 heterocycles. The van der Waals surface area contributed by atoms with Gasteiger partial charge in [-0.15, -0.1) is 0 Å². The number of carbonyl (C=O) groups excluding carboxylic acids is 2. The van der Waals surface area contributed by atoms with Gasteiger partial charge >= 0.3 is 0 Å². The van der Waals surface area contributed by atoms with E-state index >= 15 is 0 Å². The van der Waals surface area contributed by atoms with Crippen molar-refractivity contribution in [1.82, 2.24) is 10.6 Å². The van der Waals surface area contributed by atoms with Crippen LogP contribution in [-0.4, -0.2) is 47.8 Å². The maximum atomic E-state index is 11.6. The van der Waals surface area contributed by atoms with Crippen LogP contribution in [0.3, 0.4) is 0 Å². The van der Waals surface area contributed by atoms with Crippen molar-refractivity contribution >= 4 is 11.8 Å². The summed E-state index contributed by atoms with van der Waals surface area (Å²) in [6.07, 6.45) is 0.210. The summed E-state index contributed by atoms with van der Waals surface area (Å²) in [6.45, 7) is 5.35. The SMILES string of the molecule is CC(=O)NC(C)C(=O)NCC1(O)CCOC1C. The first kappa shape index (κ1) is 13.9. The van der Waals surface area contributed by atoms with E-state index in [9.17, 15) is 14.7 Å². The Morgan fingerprint density at radius 2 is 2.24 bits per heavy atom. The lowest BCUT2D eigenvalue weighted by Crippen LogP contribution is -2.51. The Bertz CT molecular complexity index is 308. The molecule has 1 fully saturated rings. The fraction of sp³-hybridized carbons (Fsp3) is 0.818. The number of hydrogen-bond donors (Lipinski definition) is 3. The number of ether oxygens (including phenoxy) is 1. The highest BCUT2D eigenvalue weighted by atomic mass is 16.5. The standard InChI is InChI=1S/C11H20N2O4/c1-7(13-9(3)14)10(15)12-6-11(16)4-5-17-8(11)2/h7-8,16H,4-6H2,1-3H3,(H,12,15)(H,13,14). The van der Waals surface area contributed by atoms with Crippen LogP contribution in [-0.2, 0) is 14.3 Å². The number of hydrogen-bond acceptors (Lipinski definition) is 4. The van der Waals surface area contributed by atoms with E-state index in [1.165, 1.54) is 6.92 Å². The lowest BCUT2D eigenvalue weighted by Gasteiger charge is -2.26. The van der Waals surface area contributed by atoms with Crippen LogP contribution in [0.4, 0.5) is 0 Å². The maximum Gasteiger partial charge on any atom is 0.242 e. The second-order valence-electron chi connectivity index (χ2n) is 4.51. The summed E-state index contributed by atoms with van der Waals surface area (Å²) in [6, 6.07) is -0.603. The fourth-order valence-electron chi connectivity index (χ4n) is 1.77. The summed E-state index contributed by atoms with van der Waals surface area (Å²) in [5, 5.41) is 15.2. The Labute approximate surface area is 101 Å². The molecule has 0 aromatic heterocycles. The molecular formula is C11H20N2O4. The molecule has 3 N–H and O–H groups in total. The molecule has 6 nitrogen and oxygen atoms in total. The second-order valence-corrected chi connectivity index (χ2v) is 4.51. The van der Waals surface area contributed by atoms with Crippen molar-refractivity contribution in [2.45, 2.75) is 44.9 Å². The van der Waals surface area contributed by atoms with Gasteiger partial charge in [-0.2, -0.15) is 0 Å². The molecule has 0 saturated carbocycles. The van der Waals surface area contributed by atoms with Gasteiger partial charge in [0, 0.05) is 26.5 Å². The van der Waals surface area contributed by atoms with Crippen molar-refractivity contribution in [2.24, 2.45) is 0 Å². The van der Waals surface area contributed by atoms with E-state index in [2.05, 4.69) is 10.6 Å². The molecule has 1 saturated heterocycles. The van der Waals surface area contributed by atoms with Gasteiger partial charge in [0.1, 0.15) is 11.6 Å². The zero-order valence-corrected chi connectivity index (χ0v) is 10.4. The largest absolute Gasteiger partial charge is 0.385 e. The Morgan fingerprint density at radius 3 is 2.71 bits per heavy atom. The maximum absolute atomic E-state index is 11.6. The van der Waals surface area contributed by atoms with Crippen LogP contribution in [0.2, 0.25) is 0 Å². The number of aliphatic hydroxyl groups is 1. The van der Waals surface area contributed by atoms with Gasteiger partial charge in [-0.1, -0.05) is 0 Å². The summed E-state index contributed by atoms with van der Waals surface area (Å²) < 4.78 is 5.25.